The molecule has 2 aliphatic rings. The predicted octanol–water partition coefficient (Wildman–Crippen LogP) is 1.73. The van der Waals surface area contributed by atoms with E-state index in [1.807, 2.05) is 18.2 Å². The van der Waals surface area contributed by atoms with Gasteiger partial charge in [0.05, 0.1) is 25.5 Å². The van der Waals surface area contributed by atoms with Gasteiger partial charge in [0.15, 0.2) is 0 Å². The number of aryl methyl sites for hydroxylation is 2. The van der Waals surface area contributed by atoms with E-state index in [1.165, 1.54) is 17.5 Å². The molecule has 1 fully saturated rings. The van der Waals surface area contributed by atoms with Gasteiger partial charge in [-0.2, -0.15) is 0 Å². The molecule has 1 saturated heterocycles. The zero-order chi connectivity index (χ0) is 17.1. The molecule has 0 atom stereocenters. The van der Waals surface area contributed by atoms with Crippen molar-refractivity contribution in [2.45, 2.75) is 25.8 Å². The van der Waals surface area contributed by atoms with Crippen LogP contribution in [0.15, 0.2) is 30.6 Å². The Bertz CT molecular complexity index is 772. The number of aromatic nitrogens is 2. The fourth-order valence-corrected chi connectivity index (χ4v) is 3.43. The van der Waals surface area contributed by atoms with Crippen molar-refractivity contribution in [3.8, 4) is 0 Å². The molecule has 6 nitrogen and oxygen atoms in total. The molecule has 130 valence electrons. The Hall–Kier alpha value is -2.47. The molecule has 1 amide bonds. The zero-order valence-electron chi connectivity index (χ0n) is 14.2. The number of ether oxygens (including phenoxy) is 1. The Morgan fingerprint density at radius 3 is 2.84 bits per heavy atom. The molecule has 4 rings (SSSR count). The number of rotatable bonds is 4. The summed E-state index contributed by atoms with van der Waals surface area (Å²) < 4.78 is 5.37. The maximum atomic E-state index is 12.4. The van der Waals surface area contributed by atoms with Crippen LogP contribution in [0.25, 0.3) is 0 Å². The number of carbonyl (C=O) groups is 1. The van der Waals surface area contributed by atoms with Gasteiger partial charge >= 0.3 is 0 Å². The molecule has 0 bridgehead atoms. The third-order valence-electron chi connectivity index (χ3n) is 4.84. The van der Waals surface area contributed by atoms with E-state index >= 15 is 0 Å². The highest BCUT2D eigenvalue weighted by Crippen LogP contribution is 2.22. The maximum absolute atomic E-state index is 12.4. The van der Waals surface area contributed by atoms with Gasteiger partial charge in [-0.1, -0.05) is 6.07 Å². The van der Waals surface area contributed by atoms with Crippen LogP contribution in [0.4, 0.5) is 5.82 Å². The molecular formula is C19H22N4O2. The molecule has 6 heteroatoms. The van der Waals surface area contributed by atoms with E-state index in [1.54, 1.807) is 6.33 Å². The summed E-state index contributed by atoms with van der Waals surface area (Å²) in [5.74, 6) is 0.835. The van der Waals surface area contributed by atoms with Gasteiger partial charge in [-0.25, -0.2) is 9.97 Å². The minimum atomic E-state index is -0.0544. The van der Waals surface area contributed by atoms with Crippen LogP contribution in [0.1, 0.15) is 33.6 Å². The standard InChI is InChI=1S/C19H22N4O2/c24-19(16-5-4-14-2-1-3-15(14)10-16)20-12-17-11-18(22-13-21-17)23-6-8-25-9-7-23/h4-5,10-11,13H,1-3,6-9,12H2,(H,20,24). The van der Waals surface area contributed by atoms with Gasteiger partial charge in [0, 0.05) is 24.7 Å². The van der Waals surface area contributed by atoms with Gasteiger partial charge in [0.25, 0.3) is 5.91 Å². The summed E-state index contributed by atoms with van der Waals surface area (Å²) in [5.41, 5.74) is 4.22. The largest absolute Gasteiger partial charge is 0.378 e. The second-order valence-electron chi connectivity index (χ2n) is 6.49. The highest BCUT2D eigenvalue weighted by molar-refractivity contribution is 5.94. The summed E-state index contributed by atoms with van der Waals surface area (Å²) in [6.07, 6.45) is 4.95. The highest BCUT2D eigenvalue weighted by atomic mass is 16.5. The molecule has 1 N–H and O–H groups in total. The van der Waals surface area contributed by atoms with E-state index < -0.39 is 0 Å². The quantitative estimate of drug-likeness (QED) is 0.920. The van der Waals surface area contributed by atoms with Crippen LogP contribution in [0.3, 0.4) is 0 Å². The minimum absolute atomic E-state index is 0.0544. The number of nitrogens with one attached hydrogen (secondary N) is 1. The normalized spacial score (nSPS) is 16.6. The number of morpholine rings is 1. The first-order chi connectivity index (χ1) is 12.3. The van der Waals surface area contributed by atoms with Crippen molar-refractivity contribution in [1.82, 2.24) is 15.3 Å². The second kappa shape index (κ2) is 7.19. The van der Waals surface area contributed by atoms with Crippen molar-refractivity contribution in [3.05, 3.63) is 53.0 Å². The van der Waals surface area contributed by atoms with Gasteiger partial charge in [-0.15, -0.1) is 0 Å². The van der Waals surface area contributed by atoms with Crippen LogP contribution >= 0.6 is 0 Å². The molecule has 0 radical (unpaired) electrons. The summed E-state index contributed by atoms with van der Waals surface area (Å²) in [6.45, 7) is 3.49. The third kappa shape index (κ3) is 3.64. The third-order valence-corrected chi connectivity index (χ3v) is 4.84. The van der Waals surface area contributed by atoms with Gasteiger partial charge in [0.1, 0.15) is 12.1 Å². The average molecular weight is 338 g/mol. The monoisotopic (exact) mass is 338 g/mol. The van der Waals surface area contributed by atoms with Gasteiger partial charge in [0.2, 0.25) is 0 Å². The molecule has 1 aromatic heterocycles. The molecule has 1 aliphatic heterocycles. The summed E-state index contributed by atoms with van der Waals surface area (Å²) in [6, 6.07) is 7.96. The number of anilines is 1. The Morgan fingerprint density at radius 2 is 1.96 bits per heavy atom. The number of carbonyl (C=O) groups excluding carboxylic acids is 1. The summed E-state index contributed by atoms with van der Waals surface area (Å²) >= 11 is 0. The average Bonchev–Trinajstić information content (AvgIpc) is 3.15. The molecule has 1 aromatic carbocycles. The Morgan fingerprint density at radius 1 is 1.12 bits per heavy atom. The summed E-state index contributed by atoms with van der Waals surface area (Å²) in [4.78, 5) is 23.2. The van der Waals surface area contributed by atoms with Crippen molar-refractivity contribution < 1.29 is 9.53 Å². The maximum Gasteiger partial charge on any atom is 0.251 e. The molecule has 25 heavy (non-hydrogen) atoms. The predicted molar refractivity (Wildman–Crippen MR) is 94.7 cm³/mol. The van der Waals surface area contributed by atoms with Gasteiger partial charge in [-0.3, -0.25) is 4.79 Å². The van der Waals surface area contributed by atoms with Crippen LogP contribution in [0.2, 0.25) is 0 Å². The van der Waals surface area contributed by atoms with Crippen molar-refractivity contribution in [3.63, 3.8) is 0 Å². The molecule has 2 heterocycles. The molecule has 1 aliphatic carbocycles. The first kappa shape index (κ1) is 16.0. The second-order valence-corrected chi connectivity index (χ2v) is 6.49. The van der Waals surface area contributed by atoms with Crippen LogP contribution in [-0.4, -0.2) is 42.2 Å². The van der Waals surface area contributed by atoms with E-state index in [-0.39, 0.29) is 5.91 Å². The van der Waals surface area contributed by atoms with E-state index in [2.05, 4.69) is 26.3 Å². The minimum Gasteiger partial charge on any atom is -0.378 e. The van der Waals surface area contributed by atoms with Gasteiger partial charge in [-0.05, 0) is 42.5 Å². The van der Waals surface area contributed by atoms with Crippen molar-refractivity contribution in [2.24, 2.45) is 0 Å². The zero-order valence-corrected chi connectivity index (χ0v) is 14.2. The first-order valence-corrected chi connectivity index (χ1v) is 8.83. The number of benzene rings is 1. The lowest BCUT2D eigenvalue weighted by atomic mass is 10.1. The Balaban J connectivity index is 1.40. The molecule has 2 aromatic rings. The van der Waals surface area contributed by atoms with Crippen LogP contribution in [-0.2, 0) is 24.1 Å². The lowest BCUT2D eigenvalue weighted by molar-refractivity contribution is 0.0950. The van der Waals surface area contributed by atoms with Crippen molar-refractivity contribution >= 4 is 11.7 Å². The number of hydrogen-bond donors (Lipinski definition) is 1. The number of fused-ring (bicyclic) bond motifs is 1. The topological polar surface area (TPSA) is 67.4 Å². The Labute approximate surface area is 147 Å². The van der Waals surface area contributed by atoms with Crippen LogP contribution < -0.4 is 10.2 Å². The lowest BCUT2D eigenvalue weighted by Crippen LogP contribution is -2.37. The Kier molecular flexibility index (Phi) is 4.61. The fourth-order valence-electron chi connectivity index (χ4n) is 3.43. The van der Waals surface area contributed by atoms with E-state index in [0.29, 0.717) is 19.8 Å². The summed E-state index contributed by atoms with van der Waals surface area (Å²) in [7, 11) is 0. The number of hydrogen-bond acceptors (Lipinski definition) is 5. The number of nitrogens with zero attached hydrogens (tertiary/aromatic N) is 3. The SMILES string of the molecule is O=C(NCc1cc(N2CCOCC2)ncn1)c1ccc2c(c1)CCC2. The summed E-state index contributed by atoms with van der Waals surface area (Å²) in [5, 5.41) is 2.96. The van der Waals surface area contributed by atoms with E-state index in [9.17, 15) is 4.79 Å². The molecule has 0 unspecified atom stereocenters. The van der Waals surface area contributed by atoms with E-state index in [4.69, 9.17) is 4.74 Å². The first-order valence-electron chi connectivity index (χ1n) is 8.83. The molecule has 0 spiro atoms. The molecule has 0 saturated carbocycles. The van der Waals surface area contributed by atoms with Crippen LogP contribution in [0.5, 0.6) is 0 Å². The molecular weight excluding hydrogens is 316 g/mol. The van der Waals surface area contributed by atoms with Crippen LogP contribution in [0, 0.1) is 0 Å². The number of amides is 1. The van der Waals surface area contributed by atoms with E-state index in [0.717, 1.165) is 43.0 Å². The smallest absolute Gasteiger partial charge is 0.251 e. The van der Waals surface area contributed by atoms with Gasteiger partial charge < -0.3 is 15.0 Å². The van der Waals surface area contributed by atoms with Crippen molar-refractivity contribution in [2.75, 3.05) is 31.2 Å². The highest BCUT2D eigenvalue weighted by Gasteiger charge is 2.15. The lowest BCUT2D eigenvalue weighted by Gasteiger charge is -2.27. The van der Waals surface area contributed by atoms with Crippen molar-refractivity contribution in [1.29, 1.82) is 0 Å². The fraction of sp³-hybridized carbons (Fsp3) is 0.421.